The molecule has 0 aliphatic heterocycles. The highest BCUT2D eigenvalue weighted by molar-refractivity contribution is 5.93. The largest absolute Gasteiger partial charge is 0.478 e. The molecule has 5 nitrogen and oxygen atoms in total. The van der Waals surface area contributed by atoms with Crippen molar-refractivity contribution in [3.8, 4) is 0 Å². The molecule has 112 valence electrons. The van der Waals surface area contributed by atoms with E-state index in [1.165, 1.54) is 0 Å². The van der Waals surface area contributed by atoms with Gasteiger partial charge in [0, 0.05) is 12.6 Å². The molecule has 0 fully saturated rings. The molecule has 1 heterocycles. The smallest absolute Gasteiger partial charge is 0.433 e. The minimum atomic E-state index is -4.63. The van der Waals surface area contributed by atoms with E-state index in [0.717, 1.165) is 6.07 Å². The molecular formula is C12H15F3N2O3. The number of aromatic nitrogens is 1. The van der Waals surface area contributed by atoms with E-state index in [-0.39, 0.29) is 24.0 Å². The Balaban J connectivity index is 3.03. The van der Waals surface area contributed by atoms with Crippen molar-refractivity contribution >= 4 is 11.8 Å². The van der Waals surface area contributed by atoms with Crippen LogP contribution in [0.4, 0.5) is 19.0 Å². The SMILES string of the molecule is CCOCC(C)Nc1nc(C(F)(F)F)ccc1C(=O)O. The number of halogens is 3. The van der Waals surface area contributed by atoms with Gasteiger partial charge in [0.15, 0.2) is 0 Å². The Morgan fingerprint density at radius 3 is 2.65 bits per heavy atom. The molecule has 1 atom stereocenters. The van der Waals surface area contributed by atoms with E-state index in [4.69, 9.17) is 9.84 Å². The molecule has 8 heteroatoms. The lowest BCUT2D eigenvalue weighted by Crippen LogP contribution is -2.24. The van der Waals surface area contributed by atoms with Crippen LogP contribution in [0.25, 0.3) is 0 Å². The van der Waals surface area contributed by atoms with Crippen molar-refractivity contribution in [1.29, 1.82) is 0 Å². The highest BCUT2D eigenvalue weighted by Crippen LogP contribution is 2.29. The van der Waals surface area contributed by atoms with Crippen molar-refractivity contribution in [2.75, 3.05) is 18.5 Å². The fourth-order valence-electron chi connectivity index (χ4n) is 1.47. The van der Waals surface area contributed by atoms with E-state index < -0.39 is 17.8 Å². The summed E-state index contributed by atoms with van der Waals surface area (Å²) < 4.78 is 42.8. The molecule has 0 aliphatic carbocycles. The van der Waals surface area contributed by atoms with Crippen molar-refractivity contribution in [2.24, 2.45) is 0 Å². The summed E-state index contributed by atoms with van der Waals surface area (Å²) in [5, 5.41) is 11.6. The van der Waals surface area contributed by atoms with Gasteiger partial charge in [-0.25, -0.2) is 9.78 Å². The Morgan fingerprint density at radius 1 is 1.50 bits per heavy atom. The minimum absolute atomic E-state index is 0.230. The van der Waals surface area contributed by atoms with Gasteiger partial charge in [0.05, 0.1) is 6.61 Å². The maximum Gasteiger partial charge on any atom is 0.433 e. The first-order chi connectivity index (χ1) is 9.25. The lowest BCUT2D eigenvalue weighted by molar-refractivity contribution is -0.141. The van der Waals surface area contributed by atoms with Crippen LogP contribution in [0.1, 0.15) is 29.9 Å². The van der Waals surface area contributed by atoms with Crippen LogP contribution in [0, 0.1) is 0 Å². The molecule has 1 aromatic rings. The summed E-state index contributed by atoms with van der Waals surface area (Å²) in [6.45, 7) is 4.11. The number of hydrogen-bond acceptors (Lipinski definition) is 4. The lowest BCUT2D eigenvalue weighted by Gasteiger charge is -2.17. The molecule has 2 N–H and O–H groups in total. The van der Waals surface area contributed by atoms with E-state index in [9.17, 15) is 18.0 Å². The second-order valence-electron chi connectivity index (χ2n) is 4.10. The number of nitrogens with zero attached hydrogens (tertiary/aromatic N) is 1. The van der Waals surface area contributed by atoms with Crippen molar-refractivity contribution in [1.82, 2.24) is 4.98 Å². The molecular weight excluding hydrogens is 277 g/mol. The number of hydrogen-bond donors (Lipinski definition) is 2. The molecule has 0 saturated carbocycles. The molecule has 1 rings (SSSR count). The first-order valence-corrected chi connectivity index (χ1v) is 5.91. The molecule has 0 amide bonds. The van der Waals surface area contributed by atoms with Crippen molar-refractivity contribution < 1.29 is 27.8 Å². The van der Waals surface area contributed by atoms with Gasteiger partial charge in [0.1, 0.15) is 17.1 Å². The first-order valence-electron chi connectivity index (χ1n) is 5.91. The monoisotopic (exact) mass is 292 g/mol. The van der Waals surface area contributed by atoms with Crippen LogP contribution in [0.3, 0.4) is 0 Å². The molecule has 20 heavy (non-hydrogen) atoms. The van der Waals surface area contributed by atoms with Gasteiger partial charge in [-0.2, -0.15) is 13.2 Å². The van der Waals surface area contributed by atoms with Crippen LogP contribution >= 0.6 is 0 Å². The topological polar surface area (TPSA) is 71.5 Å². The number of alkyl halides is 3. The van der Waals surface area contributed by atoms with Gasteiger partial charge in [-0.15, -0.1) is 0 Å². The quantitative estimate of drug-likeness (QED) is 0.843. The number of aromatic carboxylic acids is 1. The Kier molecular flexibility index (Phi) is 5.32. The average molecular weight is 292 g/mol. The zero-order valence-electron chi connectivity index (χ0n) is 11.0. The fourth-order valence-corrected chi connectivity index (χ4v) is 1.47. The van der Waals surface area contributed by atoms with Gasteiger partial charge in [0.25, 0.3) is 0 Å². The van der Waals surface area contributed by atoms with Crippen LogP contribution in [-0.4, -0.2) is 35.3 Å². The van der Waals surface area contributed by atoms with Gasteiger partial charge >= 0.3 is 12.1 Å². The van der Waals surface area contributed by atoms with Crippen LogP contribution < -0.4 is 5.32 Å². The Labute approximate surface area is 113 Å². The standard InChI is InChI=1S/C12H15F3N2O3/c1-3-20-6-7(2)16-10-8(11(18)19)4-5-9(17-10)12(13,14)15/h4-5,7H,3,6H2,1-2H3,(H,16,17)(H,18,19). The van der Waals surface area contributed by atoms with Gasteiger partial charge in [-0.05, 0) is 26.0 Å². The summed E-state index contributed by atoms with van der Waals surface area (Å²) in [5.74, 6) is -1.67. The van der Waals surface area contributed by atoms with Gasteiger partial charge < -0.3 is 15.2 Å². The normalized spacial score (nSPS) is 13.1. The Bertz CT molecular complexity index is 478. The number of rotatable bonds is 6. The average Bonchev–Trinajstić information content (AvgIpc) is 2.34. The number of pyridine rings is 1. The third-order valence-electron chi connectivity index (χ3n) is 2.37. The zero-order chi connectivity index (χ0) is 15.3. The second-order valence-corrected chi connectivity index (χ2v) is 4.10. The molecule has 0 aliphatic rings. The minimum Gasteiger partial charge on any atom is -0.478 e. The number of anilines is 1. The summed E-state index contributed by atoms with van der Waals surface area (Å²) >= 11 is 0. The van der Waals surface area contributed by atoms with E-state index in [0.29, 0.717) is 12.7 Å². The third-order valence-corrected chi connectivity index (χ3v) is 2.37. The highest BCUT2D eigenvalue weighted by Gasteiger charge is 2.33. The van der Waals surface area contributed by atoms with Crippen LogP contribution in [0.5, 0.6) is 0 Å². The number of ether oxygens (including phenoxy) is 1. The summed E-state index contributed by atoms with van der Waals surface area (Å²) in [6.07, 6.45) is -4.63. The summed E-state index contributed by atoms with van der Waals surface area (Å²) in [4.78, 5) is 14.3. The molecule has 0 aromatic carbocycles. The van der Waals surface area contributed by atoms with E-state index in [1.54, 1.807) is 13.8 Å². The highest BCUT2D eigenvalue weighted by atomic mass is 19.4. The lowest BCUT2D eigenvalue weighted by atomic mass is 10.2. The number of carboxylic acid groups (broad SMARTS) is 1. The van der Waals surface area contributed by atoms with E-state index >= 15 is 0 Å². The predicted molar refractivity (Wildman–Crippen MR) is 65.8 cm³/mol. The van der Waals surface area contributed by atoms with Crippen molar-refractivity contribution in [3.63, 3.8) is 0 Å². The molecule has 0 spiro atoms. The first kappa shape index (κ1) is 16.2. The maximum atomic E-state index is 12.6. The van der Waals surface area contributed by atoms with Gasteiger partial charge in [0.2, 0.25) is 0 Å². The summed E-state index contributed by atoms with van der Waals surface area (Å²) in [6, 6.07) is 1.15. The molecule has 0 bridgehead atoms. The van der Waals surface area contributed by atoms with Gasteiger partial charge in [-0.3, -0.25) is 0 Å². The molecule has 0 radical (unpaired) electrons. The zero-order valence-corrected chi connectivity index (χ0v) is 11.0. The number of nitrogens with one attached hydrogen (secondary N) is 1. The summed E-state index contributed by atoms with van der Waals surface area (Å²) in [7, 11) is 0. The van der Waals surface area contributed by atoms with Gasteiger partial charge in [-0.1, -0.05) is 0 Å². The molecule has 0 saturated heterocycles. The Morgan fingerprint density at radius 2 is 2.15 bits per heavy atom. The third kappa shape index (κ3) is 4.37. The summed E-state index contributed by atoms with van der Waals surface area (Å²) in [5.41, 5.74) is -1.46. The van der Waals surface area contributed by atoms with E-state index in [1.807, 2.05) is 0 Å². The van der Waals surface area contributed by atoms with E-state index in [2.05, 4.69) is 10.3 Å². The second kappa shape index (κ2) is 6.56. The fraction of sp³-hybridized carbons (Fsp3) is 0.500. The number of carbonyl (C=O) groups is 1. The van der Waals surface area contributed by atoms with Crippen molar-refractivity contribution in [3.05, 3.63) is 23.4 Å². The maximum absolute atomic E-state index is 12.6. The van der Waals surface area contributed by atoms with Crippen LogP contribution in [-0.2, 0) is 10.9 Å². The van der Waals surface area contributed by atoms with Crippen molar-refractivity contribution in [2.45, 2.75) is 26.1 Å². The number of carboxylic acids is 1. The molecule has 1 aromatic heterocycles. The van der Waals surface area contributed by atoms with Crippen LogP contribution in [0.2, 0.25) is 0 Å². The molecule has 1 unspecified atom stereocenters. The van der Waals surface area contributed by atoms with Crippen LogP contribution in [0.15, 0.2) is 12.1 Å². The predicted octanol–water partition coefficient (Wildman–Crippen LogP) is 2.64. The Hall–Kier alpha value is -1.83.